The van der Waals surface area contributed by atoms with Crippen LogP contribution in [-0.4, -0.2) is 62.3 Å². The predicted molar refractivity (Wildman–Crippen MR) is 135 cm³/mol. The van der Waals surface area contributed by atoms with Gasteiger partial charge in [0.15, 0.2) is 0 Å². The van der Waals surface area contributed by atoms with Crippen molar-refractivity contribution in [3.63, 3.8) is 0 Å². The topological polar surface area (TPSA) is 54.9 Å². The van der Waals surface area contributed by atoms with Gasteiger partial charge in [0.1, 0.15) is 5.75 Å². The molecule has 1 unspecified atom stereocenters. The van der Waals surface area contributed by atoms with Crippen molar-refractivity contribution in [2.45, 2.75) is 25.7 Å². The van der Waals surface area contributed by atoms with Gasteiger partial charge in [-0.2, -0.15) is 0 Å². The smallest absolute Gasteiger partial charge is 0.257 e. The van der Waals surface area contributed by atoms with Gasteiger partial charge in [0.25, 0.3) is 5.91 Å². The molecule has 0 N–H and O–H groups in total. The molecule has 1 aromatic heterocycles. The molecular weight excluding hydrogens is 426 g/mol. The van der Waals surface area contributed by atoms with Crippen LogP contribution in [0.15, 0.2) is 54.9 Å². The van der Waals surface area contributed by atoms with Crippen LogP contribution >= 0.6 is 0 Å². The Kier molecular flexibility index (Phi) is 6.95. The second-order valence-corrected chi connectivity index (χ2v) is 9.39. The molecule has 0 aliphatic carbocycles. The Labute approximate surface area is 201 Å². The molecule has 2 aromatic carbocycles. The zero-order valence-electron chi connectivity index (χ0n) is 19.9. The van der Waals surface area contributed by atoms with E-state index in [9.17, 15) is 4.79 Å². The largest absolute Gasteiger partial charge is 0.496 e. The molecule has 3 aromatic rings. The number of hydrogen-bond donors (Lipinski definition) is 0. The van der Waals surface area contributed by atoms with Crippen LogP contribution < -0.4 is 9.64 Å². The summed E-state index contributed by atoms with van der Waals surface area (Å²) in [6.07, 6.45) is 8.26. The second-order valence-electron chi connectivity index (χ2n) is 9.39. The Morgan fingerprint density at radius 1 is 1.06 bits per heavy atom. The lowest BCUT2D eigenvalue weighted by Gasteiger charge is -2.30. The first-order valence-corrected chi connectivity index (χ1v) is 12.3. The lowest BCUT2D eigenvalue weighted by molar-refractivity contribution is 0.0734. The highest BCUT2D eigenvalue weighted by molar-refractivity contribution is 5.98. The Balaban J connectivity index is 1.34. The maximum Gasteiger partial charge on any atom is 0.257 e. The Morgan fingerprint density at radius 2 is 1.94 bits per heavy atom. The molecule has 5 rings (SSSR count). The van der Waals surface area contributed by atoms with E-state index in [1.54, 1.807) is 7.11 Å². The van der Waals surface area contributed by atoms with E-state index in [0.29, 0.717) is 37.6 Å². The number of carbonyl (C=O) groups excluding carboxylic acids is 1. The number of aromatic nitrogens is 1. The first-order valence-electron chi connectivity index (χ1n) is 12.3. The van der Waals surface area contributed by atoms with Crippen LogP contribution in [0.3, 0.4) is 0 Å². The van der Waals surface area contributed by atoms with E-state index in [2.05, 4.69) is 34.1 Å². The molecular formula is C28H33N3O3. The van der Waals surface area contributed by atoms with Crippen molar-refractivity contribution in [1.29, 1.82) is 0 Å². The molecule has 0 radical (unpaired) electrons. The van der Waals surface area contributed by atoms with Crippen LogP contribution in [0.25, 0.3) is 10.8 Å². The molecule has 2 fully saturated rings. The zero-order chi connectivity index (χ0) is 23.3. The average Bonchev–Trinajstić information content (AvgIpc) is 3.14. The quantitative estimate of drug-likeness (QED) is 0.560. The lowest BCUT2D eigenvalue weighted by atomic mass is 9.97. The molecule has 6 nitrogen and oxygen atoms in total. The number of fused-ring (bicyclic) bond motifs is 1. The summed E-state index contributed by atoms with van der Waals surface area (Å²) in [4.78, 5) is 22.3. The number of benzene rings is 2. The van der Waals surface area contributed by atoms with Crippen LogP contribution in [-0.2, 0) is 11.2 Å². The maximum atomic E-state index is 13.7. The number of ether oxygens (including phenoxy) is 2. The molecule has 6 heteroatoms. The van der Waals surface area contributed by atoms with Gasteiger partial charge in [0.2, 0.25) is 0 Å². The van der Waals surface area contributed by atoms with Crippen molar-refractivity contribution in [1.82, 2.24) is 9.88 Å². The van der Waals surface area contributed by atoms with Crippen molar-refractivity contribution in [2.75, 3.05) is 51.4 Å². The van der Waals surface area contributed by atoms with Crippen LogP contribution in [0, 0.1) is 5.92 Å². The van der Waals surface area contributed by atoms with E-state index in [0.717, 1.165) is 30.6 Å². The molecule has 0 spiro atoms. The van der Waals surface area contributed by atoms with Gasteiger partial charge in [-0.15, -0.1) is 0 Å². The summed E-state index contributed by atoms with van der Waals surface area (Å²) in [5.41, 5.74) is 2.99. The zero-order valence-corrected chi connectivity index (χ0v) is 19.9. The minimum atomic E-state index is 0.0221. The molecule has 3 heterocycles. The first kappa shape index (κ1) is 22.7. The highest BCUT2D eigenvalue weighted by Gasteiger charge is 2.26. The summed E-state index contributed by atoms with van der Waals surface area (Å²) in [6.45, 7) is 4.55. The van der Waals surface area contributed by atoms with Gasteiger partial charge in [-0.1, -0.05) is 12.1 Å². The standard InChI is InChI=1S/C28H33N3O3/c1-33-27-8-7-25(30-11-3-2-4-12-30)17-26(27)28(32)31-13-14-34-20-22(19-31)15-21-5-6-23-9-10-29-18-24(23)16-21/h5-10,16-18,22H,2-4,11-15,19-20H2,1H3. The number of piperidine rings is 1. The van der Waals surface area contributed by atoms with Crippen LogP contribution in [0.2, 0.25) is 0 Å². The molecule has 2 aliphatic heterocycles. The van der Waals surface area contributed by atoms with Gasteiger partial charge >= 0.3 is 0 Å². The van der Waals surface area contributed by atoms with E-state index in [4.69, 9.17) is 9.47 Å². The monoisotopic (exact) mass is 459 g/mol. The number of methoxy groups -OCH3 is 1. The molecule has 2 aliphatic rings. The molecule has 1 atom stereocenters. The Morgan fingerprint density at radius 3 is 2.79 bits per heavy atom. The predicted octanol–water partition coefficient (Wildman–Crippen LogP) is 4.57. The molecule has 0 bridgehead atoms. The minimum Gasteiger partial charge on any atom is -0.496 e. The number of carbonyl (C=O) groups is 1. The SMILES string of the molecule is COc1ccc(N2CCCCC2)cc1C(=O)N1CCOCC(Cc2ccc3ccncc3c2)C1. The molecule has 2 saturated heterocycles. The van der Waals surface area contributed by atoms with E-state index in [1.807, 2.05) is 35.5 Å². The van der Waals surface area contributed by atoms with Crippen LogP contribution in [0.1, 0.15) is 35.2 Å². The van der Waals surface area contributed by atoms with Crippen molar-refractivity contribution in [3.8, 4) is 5.75 Å². The fourth-order valence-electron chi connectivity index (χ4n) is 5.17. The van der Waals surface area contributed by atoms with Crippen molar-refractivity contribution < 1.29 is 14.3 Å². The highest BCUT2D eigenvalue weighted by Crippen LogP contribution is 2.29. The normalized spacial score (nSPS) is 19.1. The Hall–Kier alpha value is -3.12. The van der Waals surface area contributed by atoms with Crippen molar-refractivity contribution in [3.05, 3.63) is 66.0 Å². The summed E-state index contributed by atoms with van der Waals surface area (Å²) in [5.74, 6) is 0.889. The summed E-state index contributed by atoms with van der Waals surface area (Å²) in [7, 11) is 1.63. The maximum absolute atomic E-state index is 13.7. The average molecular weight is 460 g/mol. The number of rotatable bonds is 5. The second kappa shape index (κ2) is 10.4. The fraction of sp³-hybridized carbons (Fsp3) is 0.429. The van der Waals surface area contributed by atoms with E-state index in [1.165, 1.54) is 30.2 Å². The lowest BCUT2D eigenvalue weighted by Crippen LogP contribution is -2.37. The van der Waals surface area contributed by atoms with Gasteiger partial charge < -0.3 is 19.3 Å². The highest BCUT2D eigenvalue weighted by atomic mass is 16.5. The van der Waals surface area contributed by atoms with Gasteiger partial charge in [0.05, 0.1) is 25.9 Å². The van der Waals surface area contributed by atoms with Gasteiger partial charge in [-0.25, -0.2) is 0 Å². The van der Waals surface area contributed by atoms with Gasteiger partial charge in [-0.05, 0) is 67.0 Å². The molecule has 1 amide bonds. The third-order valence-corrected chi connectivity index (χ3v) is 6.99. The third kappa shape index (κ3) is 5.02. The fourth-order valence-corrected chi connectivity index (χ4v) is 5.17. The van der Waals surface area contributed by atoms with E-state index in [-0.39, 0.29) is 11.8 Å². The van der Waals surface area contributed by atoms with Gasteiger partial charge in [-0.3, -0.25) is 9.78 Å². The number of hydrogen-bond acceptors (Lipinski definition) is 5. The molecule has 0 saturated carbocycles. The summed E-state index contributed by atoms with van der Waals surface area (Å²) >= 11 is 0. The summed E-state index contributed by atoms with van der Waals surface area (Å²) in [6, 6.07) is 14.6. The number of nitrogens with zero attached hydrogens (tertiary/aromatic N) is 3. The van der Waals surface area contributed by atoms with Crippen molar-refractivity contribution >= 4 is 22.4 Å². The number of amides is 1. The van der Waals surface area contributed by atoms with Crippen LogP contribution in [0.5, 0.6) is 5.75 Å². The van der Waals surface area contributed by atoms with Gasteiger partial charge in [0, 0.05) is 55.6 Å². The molecule has 178 valence electrons. The van der Waals surface area contributed by atoms with E-state index >= 15 is 0 Å². The first-order chi connectivity index (χ1) is 16.7. The van der Waals surface area contributed by atoms with E-state index < -0.39 is 0 Å². The Bertz CT molecular complexity index is 1140. The summed E-state index contributed by atoms with van der Waals surface area (Å²) in [5, 5.41) is 2.33. The van der Waals surface area contributed by atoms with Crippen molar-refractivity contribution in [2.24, 2.45) is 5.92 Å². The molecule has 34 heavy (non-hydrogen) atoms. The number of pyridine rings is 1. The summed E-state index contributed by atoms with van der Waals surface area (Å²) < 4.78 is 11.5. The minimum absolute atomic E-state index is 0.0221. The third-order valence-electron chi connectivity index (χ3n) is 6.99. The number of anilines is 1. The van der Waals surface area contributed by atoms with Crippen LogP contribution in [0.4, 0.5) is 5.69 Å².